The van der Waals surface area contributed by atoms with Crippen molar-refractivity contribution in [2.75, 3.05) is 19.8 Å². The molecule has 22 heavy (non-hydrogen) atoms. The van der Waals surface area contributed by atoms with Crippen LogP contribution in [0.2, 0.25) is 0 Å². The maximum Gasteiger partial charge on any atom is 0.324 e. The van der Waals surface area contributed by atoms with Gasteiger partial charge in [0.25, 0.3) is 5.91 Å². The normalized spacial score (nSPS) is 35.5. The van der Waals surface area contributed by atoms with Gasteiger partial charge in [0.05, 0.1) is 6.61 Å². The molecule has 0 bridgehead atoms. The summed E-state index contributed by atoms with van der Waals surface area (Å²) in [5.41, 5.74) is 0. The highest BCUT2D eigenvalue weighted by molar-refractivity contribution is 6.04. The fourth-order valence-electron chi connectivity index (χ4n) is 3.75. The maximum absolute atomic E-state index is 13.5. The molecule has 3 rings (SSSR count). The van der Waals surface area contributed by atoms with E-state index in [1.165, 1.54) is 0 Å². The van der Waals surface area contributed by atoms with Gasteiger partial charge in [-0.25, -0.2) is 13.6 Å². The van der Waals surface area contributed by atoms with Gasteiger partial charge in [-0.1, -0.05) is 0 Å². The van der Waals surface area contributed by atoms with Crippen molar-refractivity contribution >= 4 is 11.9 Å². The molecule has 2 heterocycles. The van der Waals surface area contributed by atoms with E-state index >= 15 is 0 Å². The summed E-state index contributed by atoms with van der Waals surface area (Å²) in [7, 11) is 0. The molecule has 5 nitrogen and oxygen atoms in total. The molecule has 1 N–H and O–H groups in total. The molecular formula is C15H22F2N2O3. The minimum absolute atomic E-state index is 0.0111. The molecule has 0 spiro atoms. The topological polar surface area (TPSA) is 58.6 Å². The van der Waals surface area contributed by atoms with E-state index in [-0.39, 0.29) is 37.1 Å². The van der Waals surface area contributed by atoms with E-state index in [2.05, 4.69) is 5.32 Å². The smallest absolute Gasteiger partial charge is 0.324 e. The Morgan fingerprint density at radius 2 is 2.09 bits per heavy atom. The molecule has 2 aliphatic heterocycles. The molecule has 3 amide bonds. The van der Waals surface area contributed by atoms with Crippen LogP contribution in [0.25, 0.3) is 0 Å². The largest absolute Gasteiger partial charge is 0.381 e. The summed E-state index contributed by atoms with van der Waals surface area (Å²) in [6, 6.07) is -1.01. The quantitative estimate of drug-likeness (QED) is 0.812. The van der Waals surface area contributed by atoms with E-state index in [1.807, 2.05) is 0 Å². The van der Waals surface area contributed by atoms with E-state index in [1.54, 1.807) is 0 Å². The van der Waals surface area contributed by atoms with Crippen LogP contribution in [0.4, 0.5) is 13.6 Å². The van der Waals surface area contributed by atoms with Gasteiger partial charge < -0.3 is 10.1 Å². The van der Waals surface area contributed by atoms with E-state index in [4.69, 9.17) is 4.74 Å². The summed E-state index contributed by atoms with van der Waals surface area (Å²) >= 11 is 0. The number of nitrogens with one attached hydrogen (secondary N) is 1. The van der Waals surface area contributed by atoms with Crippen molar-refractivity contribution in [1.29, 1.82) is 0 Å². The molecule has 1 aliphatic carbocycles. The first-order valence-corrected chi connectivity index (χ1v) is 8.04. The van der Waals surface area contributed by atoms with Crippen LogP contribution < -0.4 is 5.32 Å². The molecule has 0 aromatic carbocycles. The van der Waals surface area contributed by atoms with Gasteiger partial charge in [-0.3, -0.25) is 9.69 Å². The first-order chi connectivity index (χ1) is 10.5. The highest BCUT2D eigenvalue weighted by atomic mass is 19.3. The molecule has 0 radical (unpaired) electrons. The monoisotopic (exact) mass is 316 g/mol. The number of amides is 3. The molecule has 3 unspecified atom stereocenters. The van der Waals surface area contributed by atoms with Crippen LogP contribution in [-0.4, -0.2) is 48.6 Å². The summed E-state index contributed by atoms with van der Waals surface area (Å²) in [6.07, 6.45) is 2.48. The van der Waals surface area contributed by atoms with Crippen molar-refractivity contribution in [3.63, 3.8) is 0 Å². The lowest BCUT2D eigenvalue weighted by molar-refractivity contribution is -0.131. The van der Waals surface area contributed by atoms with Gasteiger partial charge in [0.1, 0.15) is 6.04 Å². The second-order valence-corrected chi connectivity index (χ2v) is 6.67. The number of carbonyl (C=O) groups is 2. The zero-order valence-corrected chi connectivity index (χ0v) is 12.5. The minimum atomic E-state index is -2.67. The molecule has 7 heteroatoms. The van der Waals surface area contributed by atoms with Gasteiger partial charge in [-0.05, 0) is 31.6 Å². The Kier molecular flexibility index (Phi) is 4.34. The second-order valence-electron chi connectivity index (χ2n) is 6.67. The van der Waals surface area contributed by atoms with Gasteiger partial charge in [0.2, 0.25) is 5.92 Å². The van der Waals surface area contributed by atoms with Gasteiger partial charge in [0, 0.05) is 31.9 Å². The van der Waals surface area contributed by atoms with Crippen LogP contribution in [0.3, 0.4) is 0 Å². The van der Waals surface area contributed by atoms with E-state index < -0.39 is 18.0 Å². The lowest BCUT2D eigenvalue weighted by Crippen LogP contribution is -2.42. The van der Waals surface area contributed by atoms with Crippen LogP contribution in [0, 0.1) is 11.8 Å². The van der Waals surface area contributed by atoms with E-state index in [0.717, 1.165) is 17.7 Å². The fraction of sp³-hybridized carbons (Fsp3) is 0.867. The van der Waals surface area contributed by atoms with Gasteiger partial charge in [-0.15, -0.1) is 0 Å². The van der Waals surface area contributed by atoms with Crippen molar-refractivity contribution in [3.05, 3.63) is 0 Å². The second kappa shape index (κ2) is 6.10. The van der Waals surface area contributed by atoms with E-state index in [9.17, 15) is 18.4 Å². The molecule has 124 valence electrons. The van der Waals surface area contributed by atoms with Crippen molar-refractivity contribution < 1.29 is 23.1 Å². The Morgan fingerprint density at radius 1 is 1.27 bits per heavy atom. The summed E-state index contributed by atoms with van der Waals surface area (Å²) < 4.78 is 32.3. The predicted molar refractivity (Wildman–Crippen MR) is 74.5 cm³/mol. The molecule has 3 aliphatic rings. The number of hydrogen-bond acceptors (Lipinski definition) is 3. The summed E-state index contributed by atoms with van der Waals surface area (Å²) in [4.78, 5) is 25.6. The third-order valence-electron chi connectivity index (χ3n) is 4.91. The minimum Gasteiger partial charge on any atom is -0.381 e. The third-order valence-corrected chi connectivity index (χ3v) is 4.91. The number of urea groups is 1. The summed E-state index contributed by atoms with van der Waals surface area (Å²) in [5, 5.41) is 2.70. The first-order valence-electron chi connectivity index (χ1n) is 8.04. The number of imide groups is 1. The Hall–Kier alpha value is -1.24. The van der Waals surface area contributed by atoms with Gasteiger partial charge >= 0.3 is 6.03 Å². The van der Waals surface area contributed by atoms with Crippen molar-refractivity contribution in [2.24, 2.45) is 11.8 Å². The number of carbonyl (C=O) groups excluding carboxylic acids is 2. The number of hydrogen-bond donors (Lipinski definition) is 1. The highest BCUT2D eigenvalue weighted by Crippen LogP contribution is 2.37. The van der Waals surface area contributed by atoms with E-state index in [0.29, 0.717) is 26.1 Å². The predicted octanol–water partition coefficient (Wildman–Crippen LogP) is 2.16. The van der Waals surface area contributed by atoms with Crippen molar-refractivity contribution in [1.82, 2.24) is 10.2 Å². The Bertz CT molecular complexity index is 452. The standard InChI is InChI=1S/C15H22F2N2O3/c16-15(17)5-1-3-10(7-15)8-19-13(20)12(18-14(19)21)11-4-2-6-22-9-11/h10-12H,1-9H2,(H,18,21). The summed E-state index contributed by atoms with van der Waals surface area (Å²) in [5.74, 6) is -3.27. The Balaban J connectivity index is 1.61. The van der Waals surface area contributed by atoms with Crippen LogP contribution in [0.5, 0.6) is 0 Å². The molecule has 3 fully saturated rings. The number of nitrogens with zero attached hydrogens (tertiary/aromatic N) is 1. The first kappa shape index (κ1) is 15.6. The third kappa shape index (κ3) is 3.24. The van der Waals surface area contributed by atoms with Gasteiger partial charge in [0.15, 0.2) is 0 Å². The van der Waals surface area contributed by atoms with Crippen molar-refractivity contribution in [2.45, 2.75) is 50.5 Å². The van der Waals surface area contributed by atoms with Crippen LogP contribution in [0.1, 0.15) is 38.5 Å². The lowest BCUT2D eigenvalue weighted by Gasteiger charge is -2.31. The molecule has 1 saturated carbocycles. The Labute approximate surface area is 128 Å². The number of halogens is 2. The number of ether oxygens (including phenoxy) is 1. The lowest BCUT2D eigenvalue weighted by atomic mass is 9.86. The van der Waals surface area contributed by atoms with Crippen LogP contribution in [-0.2, 0) is 9.53 Å². The van der Waals surface area contributed by atoms with Gasteiger partial charge in [-0.2, -0.15) is 0 Å². The molecule has 3 atom stereocenters. The fourth-order valence-corrected chi connectivity index (χ4v) is 3.75. The average Bonchev–Trinajstić information content (AvgIpc) is 2.75. The van der Waals surface area contributed by atoms with Crippen LogP contribution in [0.15, 0.2) is 0 Å². The summed E-state index contributed by atoms with van der Waals surface area (Å²) in [6.45, 7) is 1.25. The maximum atomic E-state index is 13.5. The van der Waals surface area contributed by atoms with Crippen molar-refractivity contribution in [3.8, 4) is 0 Å². The highest BCUT2D eigenvalue weighted by Gasteiger charge is 2.45. The SMILES string of the molecule is O=C1NC(C2CCCOC2)C(=O)N1CC1CCCC(F)(F)C1. The number of rotatable bonds is 3. The zero-order chi connectivity index (χ0) is 15.7. The molecule has 0 aromatic heterocycles. The molecule has 2 saturated heterocycles. The average molecular weight is 316 g/mol. The zero-order valence-electron chi connectivity index (χ0n) is 12.5. The molecule has 0 aromatic rings. The van der Waals surface area contributed by atoms with Crippen LogP contribution >= 0.6 is 0 Å². The molecular weight excluding hydrogens is 294 g/mol. The Morgan fingerprint density at radius 3 is 2.77 bits per heavy atom. The number of alkyl halides is 2.